The number of nitro benzene ring substituents is 1. The molecule has 0 unspecified atom stereocenters. The summed E-state index contributed by atoms with van der Waals surface area (Å²) in [6.45, 7) is 4.52. The van der Waals surface area contributed by atoms with Gasteiger partial charge in [0.2, 0.25) is 0 Å². The maximum Gasteiger partial charge on any atom is 0.270 e. The maximum absolute atomic E-state index is 13.8. The zero-order chi connectivity index (χ0) is 23.8. The fourth-order valence-electron chi connectivity index (χ4n) is 3.80. The standard InChI is InChI=1S/C25H20N4O3S2/c1-15(2)19-7-5-8-21-23(19)27-25(34-21)28(14-17-6-3-4-11-26-17)24(30)22-13-16-12-18(29(31)32)9-10-20(16)33-22/h3-13,15H,14H2,1-2H3. The van der Waals surface area contributed by atoms with Crippen LogP contribution in [0.2, 0.25) is 0 Å². The van der Waals surface area contributed by atoms with Crippen molar-refractivity contribution in [1.29, 1.82) is 0 Å². The maximum atomic E-state index is 13.8. The van der Waals surface area contributed by atoms with Crippen molar-refractivity contribution in [2.45, 2.75) is 26.3 Å². The van der Waals surface area contributed by atoms with Gasteiger partial charge in [0, 0.05) is 28.4 Å². The molecule has 0 aliphatic carbocycles. The molecule has 5 rings (SSSR count). The highest BCUT2D eigenvalue weighted by Crippen LogP contribution is 2.36. The second kappa shape index (κ2) is 8.92. The van der Waals surface area contributed by atoms with Crippen LogP contribution in [-0.2, 0) is 6.54 Å². The number of para-hydroxylation sites is 1. The number of benzene rings is 2. The highest BCUT2D eigenvalue weighted by Gasteiger charge is 2.25. The molecule has 7 nitrogen and oxygen atoms in total. The summed E-state index contributed by atoms with van der Waals surface area (Å²) in [7, 11) is 0. The van der Waals surface area contributed by atoms with Gasteiger partial charge in [0.15, 0.2) is 5.13 Å². The molecule has 170 valence electrons. The lowest BCUT2D eigenvalue weighted by molar-refractivity contribution is -0.384. The van der Waals surface area contributed by atoms with Crippen LogP contribution in [0.15, 0.2) is 66.9 Å². The van der Waals surface area contributed by atoms with Crippen molar-refractivity contribution < 1.29 is 9.72 Å². The second-order valence-electron chi connectivity index (χ2n) is 8.15. The molecular weight excluding hydrogens is 468 g/mol. The molecule has 0 aliphatic heterocycles. The molecular formula is C25H20N4O3S2. The number of thiazole rings is 1. The average Bonchev–Trinajstić information content (AvgIpc) is 3.46. The van der Waals surface area contributed by atoms with E-state index in [-0.39, 0.29) is 18.1 Å². The van der Waals surface area contributed by atoms with Crippen LogP contribution in [0.5, 0.6) is 0 Å². The van der Waals surface area contributed by atoms with Crippen molar-refractivity contribution in [3.63, 3.8) is 0 Å². The molecule has 1 amide bonds. The first-order chi connectivity index (χ1) is 16.4. The number of nitrogens with zero attached hydrogens (tertiary/aromatic N) is 4. The number of amides is 1. The summed E-state index contributed by atoms with van der Waals surface area (Å²) in [4.78, 5) is 35.9. The van der Waals surface area contributed by atoms with Crippen molar-refractivity contribution in [2.24, 2.45) is 0 Å². The highest BCUT2D eigenvalue weighted by molar-refractivity contribution is 7.23. The molecule has 0 radical (unpaired) electrons. The summed E-state index contributed by atoms with van der Waals surface area (Å²) < 4.78 is 1.84. The molecule has 5 aromatic rings. The Balaban J connectivity index is 1.60. The van der Waals surface area contributed by atoms with Crippen molar-refractivity contribution in [1.82, 2.24) is 9.97 Å². The van der Waals surface area contributed by atoms with Gasteiger partial charge < -0.3 is 0 Å². The number of pyridine rings is 1. The number of fused-ring (bicyclic) bond motifs is 2. The van der Waals surface area contributed by atoms with Crippen LogP contribution in [0, 0.1) is 10.1 Å². The lowest BCUT2D eigenvalue weighted by Gasteiger charge is -2.18. The Labute approximate surface area is 203 Å². The lowest BCUT2D eigenvalue weighted by Crippen LogP contribution is -2.30. The molecule has 2 aromatic carbocycles. The zero-order valence-corrected chi connectivity index (χ0v) is 20.1. The molecule has 3 aromatic heterocycles. The molecule has 0 aliphatic rings. The predicted molar refractivity (Wildman–Crippen MR) is 137 cm³/mol. The summed E-state index contributed by atoms with van der Waals surface area (Å²) in [6, 6.07) is 18.1. The van der Waals surface area contributed by atoms with Gasteiger partial charge in [0.05, 0.1) is 32.3 Å². The topological polar surface area (TPSA) is 89.2 Å². The molecule has 34 heavy (non-hydrogen) atoms. The third-order valence-electron chi connectivity index (χ3n) is 5.50. The Hall–Kier alpha value is -3.69. The third kappa shape index (κ3) is 4.15. The second-order valence-corrected chi connectivity index (χ2v) is 10.2. The molecule has 0 saturated heterocycles. The molecule has 3 heterocycles. The first-order valence-corrected chi connectivity index (χ1v) is 12.3. The first kappa shape index (κ1) is 22.1. The number of anilines is 1. The molecule has 0 bridgehead atoms. The van der Waals surface area contributed by atoms with Gasteiger partial charge in [0.1, 0.15) is 0 Å². The minimum absolute atomic E-state index is 0.00188. The number of hydrogen-bond donors (Lipinski definition) is 0. The van der Waals surface area contributed by atoms with E-state index in [1.54, 1.807) is 23.2 Å². The Bertz CT molecular complexity index is 1530. The van der Waals surface area contributed by atoms with Crippen molar-refractivity contribution in [2.75, 3.05) is 4.90 Å². The normalized spacial score (nSPS) is 11.4. The van der Waals surface area contributed by atoms with E-state index in [1.807, 2.05) is 30.3 Å². The van der Waals surface area contributed by atoms with Gasteiger partial charge in [-0.3, -0.25) is 24.8 Å². The number of non-ortho nitro benzene ring substituents is 1. The minimum Gasteiger partial charge on any atom is -0.277 e. The van der Waals surface area contributed by atoms with E-state index in [0.29, 0.717) is 21.3 Å². The van der Waals surface area contributed by atoms with Crippen LogP contribution in [-0.4, -0.2) is 20.8 Å². The number of rotatable bonds is 6. The van der Waals surface area contributed by atoms with Gasteiger partial charge in [-0.05, 0) is 41.8 Å². The molecule has 0 N–H and O–H groups in total. The van der Waals surface area contributed by atoms with E-state index in [0.717, 1.165) is 26.2 Å². The summed E-state index contributed by atoms with van der Waals surface area (Å²) >= 11 is 2.79. The fourth-order valence-corrected chi connectivity index (χ4v) is 5.79. The molecule has 0 fully saturated rings. The minimum atomic E-state index is -0.431. The van der Waals surface area contributed by atoms with Crippen LogP contribution in [0.3, 0.4) is 0 Å². The van der Waals surface area contributed by atoms with Crippen LogP contribution < -0.4 is 4.90 Å². The van der Waals surface area contributed by atoms with Crippen LogP contribution in [0.1, 0.15) is 40.7 Å². The van der Waals surface area contributed by atoms with Crippen LogP contribution >= 0.6 is 22.7 Å². The van der Waals surface area contributed by atoms with Gasteiger partial charge in [-0.2, -0.15) is 0 Å². The summed E-state index contributed by atoms with van der Waals surface area (Å²) in [5.74, 6) is 0.0941. The van der Waals surface area contributed by atoms with Crippen molar-refractivity contribution in [3.05, 3.63) is 93.1 Å². The smallest absolute Gasteiger partial charge is 0.270 e. The average molecular weight is 489 g/mol. The number of aromatic nitrogens is 2. The largest absolute Gasteiger partial charge is 0.277 e. The third-order valence-corrected chi connectivity index (χ3v) is 7.65. The van der Waals surface area contributed by atoms with Crippen LogP contribution in [0.4, 0.5) is 10.8 Å². The van der Waals surface area contributed by atoms with Crippen LogP contribution in [0.25, 0.3) is 20.3 Å². The van der Waals surface area contributed by atoms with E-state index in [2.05, 4.69) is 24.9 Å². The van der Waals surface area contributed by atoms with E-state index >= 15 is 0 Å². The molecule has 0 spiro atoms. The number of nitro groups is 1. The zero-order valence-electron chi connectivity index (χ0n) is 18.5. The van der Waals surface area contributed by atoms with Gasteiger partial charge in [-0.15, -0.1) is 11.3 Å². The predicted octanol–water partition coefficient (Wildman–Crippen LogP) is 6.78. The van der Waals surface area contributed by atoms with Gasteiger partial charge in [-0.1, -0.05) is 43.4 Å². The SMILES string of the molecule is CC(C)c1cccc2sc(N(Cc3ccccn3)C(=O)c3cc4cc([N+](=O)[O-])ccc4s3)nc12. The van der Waals surface area contributed by atoms with E-state index in [4.69, 9.17) is 4.98 Å². The quantitative estimate of drug-likeness (QED) is 0.194. The summed E-state index contributed by atoms with van der Waals surface area (Å²) in [5.41, 5.74) is 2.79. The fraction of sp³-hybridized carbons (Fsp3) is 0.160. The Kier molecular flexibility index (Phi) is 5.80. The molecule has 0 saturated carbocycles. The summed E-state index contributed by atoms with van der Waals surface area (Å²) in [6.07, 6.45) is 1.70. The van der Waals surface area contributed by atoms with Gasteiger partial charge in [0.25, 0.3) is 11.6 Å². The van der Waals surface area contributed by atoms with Crippen molar-refractivity contribution >= 4 is 59.7 Å². The number of carbonyl (C=O) groups excluding carboxylic acids is 1. The van der Waals surface area contributed by atoms with E-state index in [1.165, 1.54) is 34.8 Å². The summed E-state index contributed by atoms with van der Waals surface area (Å²) in [5, 5.41) is 12.4. The van der Waals surface area contributed by atoms with Gasteiger partial charge >= 0.3 is 0 Å². The Morgan fingerprint density at radius 2 is 1.91 bits per heavy atom. The van der Waals surface area contributed by atoms with Crippen molar-refractivity contribution in [3.8, 4) is 0 Å². The van der Waals surface area contributed by atoms with E-state index in [9.17, 15) is 14.9 Å². The molecule has 0 atom stereocenters. The Morgan fingerprint density at radius 3 is 2.65 bits per heavy atom. The molecule has 9 heteroatoms. The van der Waals surface area contributed by atoms with E-state index < -0.39 is 4.92 Å². The highest BCUT2D eigenvalue weighted by atomic mass is 32.1. The number of carbonyl (C=O) groups is 1. The van der Waals surface area contributed by atoms with Gasteiger partial charge in [-0.25, -0.2) is 4.98 Å². The monoisotopic (exact) mass is 488 g/mol. The first-order valence-electron chi connectivity index (χ1n) is 10.7. The number of hydrogen-bond acceptors (Lipinski definition) is 7. The lowest BCUT2D eigenvalue weighted by atomic mass is 10.0. The number of thiophene rings is 1. The Morgan fingerprint density at radius 1 is 1.06 bits per heavy atom.